The molecule has 0 aliphatic rings. The highest BCUT2D eigenvalue weighted by Gasteiger charge is 2.19. The first-order chi connectivity index (χ1) is 29.7. The van der Waals surface area contributed by atoms with E-state index in [-0.39, 0.29) is 0 Å². The third-order valence-electron chi connectivity index (χ3n) is 11.1. The van der Waals surface area contributed by atoms with E-state index in [0.29, 0.717) is 11.6 Å². The van der Waals surface area contributed by atoms with Gasteiger partial charge in [0, 0.05) is 55.1 Å². The molecule has 5 nitrogen and oxygen atoms in total. The second-order valence-electron chi connectivity index (χ2n) is 14.8. The quantitative estimate of drug-likeness (QED) is 0.151. The van der Waals surface area contributed by atoms with Crippen LogP contribution in [0, 0.1) is 0 Å². The van der Waals surface area contributed by atoms with Crippen molar-refractivity contribution < 1.29 is 0 Å². The van der Waals surface area contributed by atoms with Crippen molar-refractivity contribution in [2.75, 3.05) is 0 Å². The summed E-state index contributed by atoms with van der Waals surface area (Å²) in [4.78, 5) is 25.9. The van der Waals surface area contributed by atoms with E-state index in [2.05, 4.69) is 133 Å². The lowest BCUT2D eigenvalue weighted by atomic mass is 9.92. The van der Waals surface area contributed by atoms with Crippen molar-refractivity contribution in [2.45, 2.75) is 0 Å². The predicted octanol–water partition coefficient (Wildman–Crippen LogP) is 13.8. The lowest BCUT2D eigenvalue weighted by Gasteiger charge is -2.16. The van der Waals surface area contributed by atoms with Crippen molar-refractivity contribution in [1.82, 2.24) is 24.9 Å². The average molecular weight is 766 g/mol. The summed E-state index contributed by atoms with van der Waals surface area (Å²) in [5.41, 5.74) is 12.3. The number of rotatable bonds is 7. The molecule has 0 atom stereocenters. The minimum absolute atomic E-state index is 0.678. The molecule has 8 aromatic carbocycles. The maximum atomic E-state index is 5.43. The van der Waals surface area contributed by atoms with Gasteiger partial charge in [-0.1, -0.05) is 194 Å². The van der Waals surface area contributed by atoms with Crippen molar-refractivity contribution in [3.63, 3.8) is 0 Å². The third-order valence-corrected chi connectivity index (χ3v) is 11.1. The van der Waals surface area contributed by atoms with Crippen LogP contribution in [-0.2, 0) is 0 Å². The zero-order chi connectivity index (χ0) is 39.8. The van der Waals surface area contributed by atoms with Crippen molar-refractivity contribution in [3.8, 4) is 79.1 Å². The van der Waals surface area contributed by atoms with Gasteiger partial charge >= 0.3 is 0 Å². The van der Waals surface area contributed by atoms with Crippen LogP contribution in [0.2, 0.25) is 0 Å². The topological polar surface area (TPSA) is 64.5 Å². The van der Waals surface area contributed by atoms with Crippen LogP contribution >= 0.6 is 0 Å². The smallest absolute Gasteiger partial charge is 0.160 e. The molecule has 0 spiro atoms. The number of pyridine rings is 1. The van der Waals surface area contributed by atoms with Crippen LogP contribution in [-0.4, -0.2) is 24.9 Å². The van der Waals surface area contributed by atoms with Crippen LogP contribution in [0.5, 0.6) is 0 Å². The fraction of sp³-hybridized carbons (Fsp3) is 0. The zero-order valence-electron chi connectivity index (χ0n) is 32.4. The largest absolute Gasteiger partial charge is 0.247 e. The first-order valence-electron chi connectivity index (χ1n) is 20.1. The number of nitrogens with zero attached hydrogens (tertiary/aromatic N) is 5. The van der Waals surface area contributed by atoms with E-state index in [1.54, 1.807) is 0 Å². The van der Waals surface area contributed by atoms with E-state index in [1.807, 2.05) is 78.9 Å². The molecule has 0 unspecified atom stereocenters. The standard InChI is InChI=1S/C55H35N5/c1-6-17-36(18-7-1)47-34-49(59-54(57-47)39-23-12-4-13-24-39)41-29-30-45-50(33-41)56-53(38-21-10-3-11-22-38)46-32-31-42-43(27-16-28-44(42)52(45)46)51-35-48(37-19-8-2-9-20-37)58-55(60-51)40-25-14-5-15-26-40/h1-35H. The van der Waals surface area contributed by atoms with Gasteiger partial charge in [0.1, 0.15) is 0 Å². The highest BCUT2D eigenvalue weighted by molar-refractivity contribution is 6.24. The van der Waals surface area contributed by atoms with Crippen molar-refractivity contribution in [3.05, 3.63) is 212 Å². The van der Waals surface area contributed by atoms with Gasteiger partial charge in [-0.3, -0.25) is 0 Å². The molecule has 0 fully saturated rings. The Morgan fingerprint density at radius 3 is 1.27 bits per heavy atom. The molecule has 280 valence electrons. The summed E-state index contributed by atoms with van der Waals surface area (Å²) >= 11 is 0. The van der Waals surface area contributed by atoms with E-state index in [0.717, 1.165) is 99.9 Å². The summed E-state index contributed by atoms with van der Waals surface area (Å²) in [7, 11) is 0. The first kappa shape index (κ1) is 35.0. The Morgan fingerprint density at radius 2 is 0.700 bits per heavy atom. The van der Waals surface area contributed by atoms with Crippen LogP contribution in [0.3, 0.4) is 0 Å². The lowest BCUT2D eigenvalue weighted by molar-refractivity contribution is 1.18. The Kier molecular flexibility index (Phi) is 8.75. The fourth-order valence-corrected chi connectivity index (χ4v) is 8.19. The molecule has 0 saturated heterocycles. The molecule has 0 aliphatic carbocycles. The van der Waals surface area contributed by atoms with Crippen LogP contribution < -0.4 is 0 Å². The molecule has 0 aliphatic heterocycles. The van der Waals surface area contributed by atoms with E-state index in [4.69, 9.17) is 24.9 Å². The molecule has 11 aromatic rings. The lowest BCUT2D eigenvalue weighted by Crippen LogP contribution is -1.97. The average Bonchev–Trinajstić information content (AvgIpc) is 3.34. The fourth-order valence-electron chi connectivity index (χ4n) is 8.19. The summed E-state index contributed by atoms with van der Waals surface area (Å²) < 4.78 is 0. The van der Waals surface area contributed by atoms with E-state index in [9.17, 15) is 0 Å². The summed E-state index contributed by atoms with van der Waals surface area (Å²) in [5, 5.41) is 5.53. The first-order valence-corrected chi connectivity index (χ1v) is 20.1. The van der Waals surface area contributed by atoms with Gasteiger partial charge in [-0.05, 0) is 29.0 Å². The third kappa shape index (κ3) is 6.45. The molecule has 0 N–H and O–H groups in total. The summed E-state index contributed by atoms with van der Waals surface area (Å²) in [5.74, 6) is 1.37. The second kappa shape index (κ2) is 15.0. The van der Waals surface area contributed by atoms with Gasteiger partial charge in [0.15, 0.2) is 11.6 Å². The summed E-state index contributed by atoms with van der Waals surface area (Å²) in [6.45, 7) is 0. The number of benzene rings is 8. The molecular weight excluding hydrogens is 731 g/mol. The summed E-state index contributed by atoms with van der Waals surface area (Å²) in [6.07, 6.45) is 0. The second-order valence-corrected chi connectivity index (χ2v) is 14.8. The van der Waals surface area contributed by atoms with Gasteiger partial charge < -0.3 is 0 Å². The Labute approximate surface area is 347 Å². The van der Waals surface area contributed by atoms with Gasteiger partial charge in [0.05, 0.1) is 34.0 Å². The molecule has 0 radical (unpaired) electrons. The zero-order valence-corrected chi connectivity index (χ0v) is 32.4. The normalized spacial score (nSPS) is 11.3. The molecule has 60 heavy (non-hydrogen) atoms. The van der Waals surface area contributed by atoms with Gasteiger partial charge in [-0.25, -0.2) is 24.9 Å². The van der Waals surface area contributed by atoms with Gasteiger partial charge in [-0.2, -0.15) is 0 Å². The molecule has 3 heterocycles. The predicted molar refractivity (Wildman–Crippen MR) is 246 cm³/mol. The van der Waals surface area contributed by atoms with Crippen LogP contribution in [0.1, 0.15) is 0 Å². The summed E-state index contributed by atoms with van der Waals surface area (Å²) in [6, 6.07) is 73.2. The van der Waals surface area contributed by atoms with E-state index < -0.39 is 0 Å². The monoisotopic (exact) mass is 765 g/mol. The van der Waals surface area contributed by atoms with Crippen LogP contribution in [0.15, 0.2) is 212 Å². The molecule has 0 saturated carbocycles. The van der Waals surface area contributed by atoms with Gasteiger partial charge in [0.2, 0.25) is 0 Å². The van der Waals surface area contributed by atoms with Crippen LogP contribution in [0.25, 0.3) is 112 Å². The van der Waals surface area contributed by atoms with Gasteiger partial charge in [-0.15, -0.1) is 0 Å². The molecule has 3 aromatic heterocycles. The highest BCUT2D eigenvalue weighted by Crippen LogP contribution is 2.41. The Morgan fingerprint density at radius 1 is 0.250 bits per heavy atom. The molecule has 5 heteroatoms. The Hall–Kier alpha value is -8.15. The number of aromatic nitrogens is 5. The van der Waals surface area contributed by atoms with Crippen molar-refractivity contribution in [1.29, 1.82) is 0 Å². The minimum Gasteiger partial charge on any atom is -0.247 e. The van der Waals surface area contributed by atoms with Crippen LogP contribution in [0.4, 0.5) is 0 Å². The van der Waals surface area contributed by atoms with Crippen molar-refractivity contribution >= 4 is 32.4 Å². The maximum Gasteiger partial charge on any atom is 0.160 e. The van der Waals surface area contributed by atoms with Gasteiger partial charge in [0.25, 0.3) is 0 Å². The molecule has 0 amide bonds. The minimum atomic E-state index is 0.678. The maximum absolute atomic E-state index is 5.43. The Balaban J connectivity index is 1.15. The molecule has 0 bridgehead atoms. The number of hydrogen-bond donors (Lipinski definition) is 0. The number of fused-ring (bicyclic) bond motifs is 5. The SMILES string of the molecule is c1ccc(-c2cc(-c3ccc4c(c3)nc(-c3ccccc3)c3ccc5c(-c6cc(-c7ccccc7)nc(-c7ccccc7)n6)cccc5c34)nc(-c3ccccc3)n2)cc1. The molecule has 11 rings (SSSR count). The number of hydrogen-bond acceptors (Lipinski definition) is 5. The van der Waals surface area contributed by atoms with E-state index >= 15 is 0 Å². The van der Waals surface area contributed by atoms with E-state index in [1.165, 1.54) is 0 Å². The Bertz CT molecular complexity index is 3220. The highest BCUT2D eigenvalue weighted by atomic mass is 14.9. The molecular formula is C55H35N5. The van der Waals surface area contributed by atoms with Crippen molar-refractivity contribution in [2.24, 2.45) is 0 Å².